The second-order valence-corrected chi connectivity index (χ2v) is 14.9. The van der Waals surface area contributed by atoms with Crippen molar-refractivity contribution >= 4 is 19.8 Å². The molecule has 0 aromatic carbocycles. The Balaban J connectivity index is 4.34. The van der Waals surface area contributed by atoms with Crippen LogP contribution in [0.25, 0.3) is 0 Å². The maximum absolute atomic E-state index is 12.6. The van der Waals surface area contributed by atoms with Gasteiger partial charge in [-0.2, -0.15) is 0 Å². The molecule has 9 nitrogen and oxygen atoms in total. The molecule has 0 aliphatic heterocycles. The van der Waals surface area contributed by atoms with Crippen molar-refractivity contribution in [2.75, 3.05) is 33.4 Å². The number of phosphoric ester groups is 1. The van der Waals surface area contributed by atoms with Gasteiger partial charge in [-0.3, -0.25) is 18.6 Å². The van der Waals surface area contributed by atoms with Gasteiger partial charge in [-0.1, -0.05) is 132 Å². The molecule has 10 heteroatoms. The summed E-state index contributed by atoms with van der Waals surface area (Å²) in [6.45, 7) is 4.02. The van der Waals surface area contributed by atoms with Crippen molar-refractivity contribution < 1.29 is 37.6 Å². The summed E-state index contributed by atoms with van der Waals surface area (Å²) in [5.74, 6) is -0.859. The molecular formula is C44H76NO8P. The summed E-state index contributed by atoms with van der Waals surface area (Å²) in [4.78, 5) is 35.0. The summed E-state index contributed by atoms with van der Waals surface area (Å²) < 4.78 is 33.1. The van der Waals surface area contributed by atoms with Gasteiger partial charge in [0, 0.05) is 19.4 Å². The van der Waals surface area contributed by atoms with Gasteiger partial charge in [0.2, 0.25) is 0 Å². The molecule has 0 fully saturated rings. The standard InChI is InChI=1S/C44H76NO8P/c1-4-6-8-10-12-14-16-18-20-21-23-25-27-29-31-33-35-37-44(47)53-42(41-52-54(48,49)51-39-38-45-3)40-50-43(46)36-34-32-30-28-26-24-22-19-17-15-13-11-9-7-5-2/h7,9,12-15,18-20,22-23,25,42,45H,4-6,8,10-11,16-17,21,24,26-41H2,1-3H3,(H,48,49)/b9-7-,14-12-,15-13-,20-18-,22-19-,25-23-. The number of phosphoric acid groups is 1. The SMILES string of the molecule is CC/C=C\C/C=C\C/C=C\CCCCCCCC(=O)OCC(COP(=O)(O)OCCNC)OC(=O)CCCCCC/C=C\C/C=C\C/C=C\CCCCC. The van der Waals surface area contributed by atoms with Crippen LogP contribution in [-0.2, 0) is 32.7 Å². The van der Waals surface area contributed by atoms with Crippen molar-refractivity contribution in [3.05, 3.63) is 72.9 Å². The molecule has 2 N–H and O–H groups in total. The zero-order valence-corrected chi connectivity index (χ0v) is 35.0. The fourth-order valence-corrected chi connectivity index (χ4v) is 5.91. The molecule has 0 aromatic rings. The normalized spacial score (nSPS) is 14.1. The third-order valence-corrected chi connectivity index (χ3v) is 9.29. The van der Waals surface area contributed by atoms with Crippen LogP contribution in [0.1, 0.15) is 155 Å². The van der Waals surface area contributed by atoms with E-state index in [0.717, 1.165) is 89.9 Å². The molecule has 0 rings (SSSR count). The van der Waals surface area contributed by atoms with Gasteiger partial charge in [0.1, 0.15) is 6.61 Å². The average molecular weight is 778 g/mol. The Morgan fingerprint density at radius 3 is 1.57 bits per heavy atom. The van der Waals surface area contributed by atoms with Crippen molar-refractivity contribution in [1.82, 2.24) is 5.32 Å². The highest BCUT2D eigenvalue weighted by Crippen LogP contribution is 2.43. The van der Waals surface area contributed by atoms with Crippen LogP contribution in [0.15, 0.2) is 72.9 Å². The number of carbonyl (C=O) groups excluding carboxylic acids is 2. The largest absolute Gasteiger partial charge is 0.472 e. The Labute approximate surface area is 329 Å². The minimum Gasteiger partial charge on any atom is -0.462 e. The van der Waals surface area contributed by atoms with Gasteiger partial charge >= 0.3 is 19.8 Å². The Kier molecular flexibility index (Phi) is 38.2. The van der Waals surface area contributed by atoms with Crippen molar-refractivity contribution in [3.63, 3.8) is 0 Å². The van der Waals surface area contributed by atoms with Gasteiger partial charge in [-0.05, 0) is 90.5 Å². The van der Waals surface area contributed by atoms with E-state index in [1.807, 2.05) is 0 Å². The number of esters is 2. The van der Waals surface area contributed by atoms with E-state index in [1.165, 1.54) is 25.7 Å². The first-order chi connectivity index (χ1) is 26.3. The van der Waals surface area contributed by atoms with E-state index in [0.29, 0.717) is 19.4 Å². The molecular weight excluding hydrogens is 701 g/mol. The van der Waals surface area contributed by atoms with Crippen LogP contribution in [0.2, 0.25) is 0 Å². The van der Waals surface area contributed by atoms with E-state index in [4.69, 9.17) is 18.5 Å². The molecule has 0 aliphatic carbocycles. The van der Waals surface area contributed by atoms with Gasteiger partial charge in [-0.25, -0.2) is 4.57 Å². The molecule has 310 valence electrons. The second-order valence-electron chi connectivity index (χ2n) is 13.4. The maximum Gasteiger partial charge on any atom is 0.472 e. The average Bonchev–Trinajstić information content (AvgIpc) is 3.15. The van der Waals surface area contributed by atoms with E-state index >= 15 is 0 Å². The number of ether oxygens (including phenoxy) is 2. The number of likely N-dealkylation sites (N-methyl/N-ethyl adjacent to an activating group) is 1. The van der Waals surface area contributed by atoms with Gasteiger partial charge in [0.25, 0.3) is 0 Å². The molecule has 0 aromatic heterocycles. The highest BCUT2D eigenvalue weighted by atomic mass is 31.2. The molecule has 0 saturated heterocycles. The van der Waals surface area contributed by atoms with E-state index in [9.17, 15) is 19.0 Å². The summed E-state index contributed by atoms with van der Waals surface area (Å²) in [5, 5.41) is 2.82. The molecule has 0 spiro atoms. The summed E-state index contributed by atoms with van der Waals surface area (Å²) in [7, 11) is -2.67. The molecule has 0 radical (unpaired) electrons. The smallest absolute Gasteiger partial charge is 0.462 e. The van der Waals surface area contributed by atoms with Crippen LogP contribution < -0.4 is 5.32 Å². The van der Waals surface area contributed by atoms with E-state index in [1.54, 1.807) is 7.05 Å². The van der Waals surface area contributed by atoms with Crippen LogP contribution in [0.4, 0.5) is 0 Å². The fourth-order valence-electron chi connectivity index (χ4n) is 5.16. The molecule has 0 amide bonds. The predicted molar refractivity (Wildman–Crippen MR) is 224 cm³/mol. The van der Waals surface area contributed by atoms with Gasteiger partial charge in [0.05, 0.1) is 13.2 Å². The van der Waals surface area contributed by atoms with Gasteiger partial charge in [0.15, 0.2) is 6.10 Å². The molecule has 0 saturated carbocycles. The summed E-state index contributed by atoms with van der Waals surface area (Å²) in [5.41, 5.74) is 0. The number of unbranched alkanes of at least 4 members (excludes halogenated alkanes) is 12. The molecule has 54 heavy (non-hydrogen) atoms. The number of rotatable bonds is 38. The molecule has 2 atom stereocenters. The van der Waals surface area contributed by atoms with E-state index in [-0.39, 0.29) is 26.1 Å². The topological polar surface area (TPSA) is 120 Å². The Morgan fingerprint density at radius 1 is 0.593 bits per heavy atom. The number of hydrogen-bond donors (Lipinski definition) is 2. The van der Waals surface area contributed by atoms with Crippen molar-refractivity contribution in [1.29, 1.82) is 0 Å². The Bertz CT molecular complexity index is 1110. The van der Waals surface area contributed by atoms with E-state index < -0.39 is 32.5 Å². The second kappa shape index (κ2) is 40.1. The van der Waals surface area contributed by atoms with Gasteiger partial charge < -0.3 is 19.7 Å². The van der Waals surface area contributed by atoms with Crippen LogP contribution >= 0.6 is 7.82 Å². The Morgan fingerprint density at radius 2 is 1.06 bits per heavy atom. The summed E-state index contributed by atoms with van der Waals surface area (Å²) >= 11 is 0. The highest BCUT2D eigenvalue weighted by Gasteiger charge is 2.26. The number of carbonyl (C=O) groups is 2. The third kappa shape index (κ3) is 39.2. The minimum atomic E-state index is -4.36. The van der Waals surface area contributed by atoms with Crippen molar-refractivity contribution in [2.24, 2.45) is 0 Å². The maximum atomic E-state index is 12.6. The zero-order chi connectivity index (χ0) is 39.6. The van der Waals surface area contributed by atoms with Crippen LogP contribution in [-0.4, -0.2) is 56.3 Å². The molecule has 0 bridgehead atoms. The monoisotopic (exact) mass is 778 g/mol. The van der Waals surface area contributed by atoms with Crippen LogP contribution in [0, 0.1) is 0 Å². The van der Waals surface area contributed by atoms with Crippen LogP contribution in [0.5, 0.6) is 0 Å². The lowest BCUT2D eigenvalue weighted by Crippen LogP contribution is -2.29. The van der Waals surface area contributed by atoms with Gasteiger partial charge in [-0.15, -0.1) is 0 Å². The number of allylic oxidation sites excluding steroid dienone is 12. The first-order valence-electron chi connectivity index (χ1n) is 20.9. The lowest BCUT2D eigenvalue weighted by molar-refractivity contribution is -0.161. The lowest BCUT2D eigenvalue weighted by Gasteiger charge is -2.20. The quantitative estimate of drug-likeness (QED) is 0.0273. The first-order valence-corrected chi connectivity index (χ1v) is 22.4. The number of hydrogen-bond acceptors (Lipinski definition) is 8. The Hall–Kier alpha value is -2.55. The third-order valence-electron chi connectivity index (χ3n) is 8.31. The molecule has 2 unspecified atom stereocenters. The van der Waals surface area contributed by atoms with Crippen molar-refractivity contribution in [2.45, 2.75) is 161 Å². The van der Waals surface area contributed by atoms with Crippen LogP contribution in [0.3, 0.4) is 0 Å². The zero-order valence-electron chi connectivity index (χ0n) is 34.1. The highest BCUT2D eigenvalue weighted by molar-refractivity contribution is 7.47. The summed E-state index contributed by atoms with van der Waals surface area (Å²) in [6.07, 6.45) is 46.5. The first kappa shape index (κ1) is 51.5. The fraction of sp³-hybridized carbons (Fsp3) is 0.682. The van der Waals surface area contributed by atoms with E-state index in [2.05, 4.69) is 92.1 Å². The number of nitrogens with one attached hydrogen (secondary N) is 1. The molecule has 0 heterocycles. The lowest BCUT2D eigenvalue weighted by atomic mass is 10.1. The molecule has 0 aliphatic rings. The van der Waals surface area contributed by atoms with Crippen molar-refractivity contribution in [3.8, 4) is 0 Å². The summed E-state index contributed by atoms with van der Waals surface area (Å²) in [6, 6.07) is 0. The minimum absolute atomic E-state index is 0.0284. The predicted octanol–water partition coefficient (Wildman–Crippen LogP) is 11.8.